The van der Waals surface area contributed by atoms with E-state index in [-0.39, 0.29) is 23.5 Å². The minimum atomic E-state index is -3.71. The van der Waals surface area contributed by atoms with Crippen molar-refractivity contribution in [3.05, 3.63) is 34.3 Å². The molecule has 2 N–H and O–H groups in total. The summed E-state index contributed by atoms with van der Waals surface area (Å²) in [7, 11) is -2.25. The van der Waals surface area contributed by atoms with E-state index in [4.69, 9.17) is 4.74 Å². The van der Waals surface area contributed by atoms with E-state index >= 15 is 0 Å². The molecule has 0 saturated carbocycles. The van der Waals surface area contributed by atoms with Crippen molar-refractivity contribution in [2.24, 2.45) is 0 Å². The van der Waals surface area contributed by atoms with Gasteiger partial charge in [-0.1, -0.05) is 17.4 Å². The van der Waals surface area contributed by atoms with Crippen molar-refractivity contribution in [2.45, 2.75) is 44.7 Å². The van der Waals surface area contributed by atoms with Crippen molar-refractivity contribution in [1.82, 2.24) is 14.6 Å². The quantitative estimate of drug-likeness (QED) is 0.769. The Labute approximate surface area is 169 Å². The molecular weight excluding hydrogens is 400 g/mol. The number of anilines is 1. The molecule has 0 atom stereocenters. The number of thiazole rings is 1. The standard InChI is InChI=1S/C18H24N4O4S2/c1-11(2)19-17(23)21-18-20-13-7-8-22(10-15(13)27-18)28(24,25)16-9-12(3)5-6-14(16)26-4/h5-6,9,11H,7-8,10H2,1-4H3,(H2,19,20,21,23). The van der Waals surface area contributed by atoms with Gasteiger partial charge in [0.2, 0.25) is 10.0 Å². The molecule has 0 fully saturated rings. The van der Waals surface area contributed by atoms with Gasteiger partial charge >= 0.3 is 6.03 Å². The highest BCUT2D eigenvalue weighted by Crippen LogP contribution is 2.33. The van der Waals surface area contributed by atoms with Crippen LogP contribution in [0.2, 0.25) is 0 Å². The van der Waals surface area contributed by atoms with Crippen LogP contribution in [-0.2, 0) is 23.0 Å². The van der Waals surface area contributed by atoms with E-state index in [0.717, 1.165) is 16.1 Å². The van der Waals surface area contributed by atoms with Crippen LogP contribution in [-0.4, -0.2) is 43.4 Å². The largest absolute Gasteiger partial charge is 0.495 e. The van der Waals surface area contributed by atoms with E-state index in [1.807, 2.05) is 26.8 Å². The maximum absolute atomic E-state index is 13.2. The summed E-state index contributed by atoms with van der Waals surface area (Å²) >= 11 is 1.30. The van der Waals surface area contributed by atoms with Crippen molar-refractivity contribution in [3.63, 3.8) is 0 Å². The summed E-state index contributed by atoms with van der Waals surface area (Å²) in [5.41, 5.74) is 1.67. The molecule has 2 amide bonds. The molecule has 1 aromatic heterocycles. The molecule has 0 spiro atoms. The molecule has 0 unspecified atom stereocenters. The predicted octanol–water partition coefficient (Wildman–Crippen LogP) is 2.74. The number of fused-ring (bicyclic) bond motifs is 1. The number of nitrogens with zero attached hydrogens (tertiary/aromatic N) is 2. The molecular formula is C18H24N4O4S2. The van der Waals surface area contributed by atoms with E-state index in [1.54, 1.807) is 12.1 Å². The van der Waals surface area contributed by atoms with Gasteiger partial charge in [0.25, 0.3) is 0 Å². The van der Waals surface area contributed by atoms with Crippen molar-refractivity contribution in [2.75, 3.05) is 19.0 Å². The Morgan fingerprint density at radius 3 is 2.79 bits per heavy atom. The van der Waals surface area contributed by atoms with Gasteiger partial charge in [-0.3, -0.25) is 5.32 Å². The molecule has 2 heterocycles. The zero-order chi connectivity index (χ0) is 20.5. The second-order valence-electron chi connectivity index (χ2n) is 6.88. The topological polar surface area (TPSA) is 101 Å². The molecule has 28 heavy (non-hydrogen) atoms. The van der Waals surface area contributed by atoms with Crippen LogP contribution in [0, 0.1) is 6.92 Å². The Balaban J connectivity index is 1.81. The lowest BCUT2D eigenvalue weighted by Gasteiger charge is -2.26. The third-order valence-electron chi connectivity index (χ3n) is 4.27. The fraction of sp³-hybridized carbons (Fsp3) is 0.444. The molecule has 8 nitrogen and oxygen atoms in total. The Kier molecular flexibility index (Phi) is 5.92. The number of sulfonamides is 1. The number of nitrogens with one attached hydrogen (secondary N) is 2. The van der Waals surface area contributed by atoms with Crippen molar-refractivity contribution in [3.8, 4) is 5.75 Å². The normalized spacial score (nSPS) is 14.6. The summed E-state index contributed by atoms with van der Waals surface area (Å²) in [5.74, 6) is 0.327. The first-order valence-electron chi connectivity index (χ1n) is 8.91. The first-order valence-corrected chi connectivity index (χ1v) is 11.2. The monoisotopic (exact) mass is 424 g/mol. The second kappa shape index (κ2) is 8.06. The Bertz CT molecular complexity index is 985. The number of ether oxygens (including phenoxy) is 1. The molecule has 2 aromatic rings. The number of amides is 2. The van der Waals surface area contributed by atoms with Gasteiger partial charge in [-0.25, -0.2) is 18.2 Å². The van der Waals surface area contributed by atoms with Gasteiger partial charge in [0.1, 0.15) is 10.6 Å². The Morgan fingerprint density at radius 2 is 2.11 bits per heavy atom. The van der Waals surface area contributed by atoms with Crippen molar-refractivity contribution in [1.29, 1.82) is 0 Å². The zero-order valence-electron chi connectivity index (χ0n) is 16.3. The summed E-state index contributed by atoms with van der Waals surface area (Å²) in [4.78, 5) is 17.3. The Morgan fingerprint density at radius 1 is 1.36 bits per heavy atom. The van der Waals surface area contributed by atoms with E-state index in [2.05, 4.69) is 15.6 Å². The molecule has 1 aliphatic heterocycles. The number of aromatic nitrogens is 1. The van der Waals surface area contributed by atoms with Gasteiger partial charge in [0.15, 0.2) is 5.13 Å². The van der Waals surface area contributed by atoms with Gasteiger partial charge < -0.3 is 10.1 Å². The highest BCUT2D eigenvalue weighted by molar-refractivity contribution is 7.89. The van der Waals surface area contributed by atoms with Crippen LogP contribution >= 0.6 is 11.3 Å². The van der Waals surface area contributed by atoms with Crippen LogP contribution in [0.3, 0.4) is 0 Å². The maximum atomic E-state index is 13.2. The minimum absolute atomic E-state index is 0.0135. The van der Waals surface area contributed by atoms with E-state index in [9.17, 15) is 13.2 Å². The number of carbonyl (C=O) groups excluding carboxylic acids is 1. The number of hydrogen-bond donors (Lipinski definition) is 2. The van der Waals surface area contributed by atoms with Crippen LogP contribution in [0.15, 0.2) is 23.1 Å². The second-order valence-corrected chi connectivity index (χ2v) is 9.87. The highest BCUT2D eigenvalue weighted by atomic mass is 32.2. The molecule has 0 saturated heterocycles. The summed E-state index contributed by atoms with van der Waals surface area (Å²) < 4.78 is 33.1. The van der Waals surface area contributed by atoms with Gasteiger partial charge in [0, 0.05) is 23.9 Å². The lowest BCUT2D eigenvalue weighted by molar-refractivity contribution is 0.250. The number of benzene rings is 1. The summed E-state index contributed by atoms with van der Waals surface area (Å²) in [6, 6.07) is 4.80. The molecule has 10 heteroatoms. The molecule has 3 rings (SSSR count). The maximum Gasteiger partial charge on any atom is 0.321 e. The van der Waals surface area contributed by atoms with Crippen molar-refractivity contribution >= 4 is 32.5 Å². The fourth-order valence-corrected chi connectivity index (χ4v) is 5.70. The molecule has 0 aliphatic carbocycles. The van der Waals surface area contributed by atoms with Gasteiger partial charge in [-0.05, 0) is 38.5 Å². The van der Waals surface area contributed by atoms with Gasteiger partial charge in [0.05, 0.1) is 19.3 Å². The minimum Gasteiger partial charge on any atom is -0.495 e. The summed E-state index contributed by atoms with van der Waals surface area (Å²) in [6.45, 7) is 6.13. The predicted molar refractivity (Wildman–Crippen MR) is 108 cm³/mol. The number of hydrogen-bond acceptors (Lipinski definition) is 6. The van der Waals surface area contributed by atoms with Gasteiger partial charge in [-0.2, -0.15) is 4.31 Å². The lowest BCUT2D eigenvalue weighted by atomic mass is 10.2. The van der Waals surface area contributed by atoms with Crippen LogP contribution in [0.4, 0.5) is 9.93 Å². The number of aryl methyl sites for hydroxylation is 1. The smallest absolute Gasteiger partial charge is 0.321 e. The molecule has 0 bridgehead atoms. The Hall–Kier alpha value is -2.17. The first-order chi connectivity index (χ1) is 13.2. The third kappa shape index (κ3) is 4.29. The third-order valence-corrected chi connectivity index (χ3v) is 7.14. The van der Waals surface area contributed by atoms with Gasteiger partial charge in [-0.15, -0.1) is 0 Å². The van der Waals surface area contributed by atoms with E-state index in [1.165, 1.54) is 22.8 Å². The average molecular weight is 425 g/mol. The van der Waals surface area contributed by atoms with Crippen LogP contribution < -0.4 is 15.4 Å². The molecule has 1 aromatic carbocycles. The molecule has 0 radical (unpaired) electrons. The van der Waals surface area contributed by atoms with Crippen LogP contribution in [0.1, 0.15) is 30.0 Å². The van der Waals surface area contributed by atoms with E-state index in [0.29, 0.717) is 23.8 Å². The van der Waals surface area contributed by atoms with E-state index < -0.39 is 10.0 Å². The van der Waals surface area contributed by atoms with Crippen LogP contribution in [0.25, 0.3) is 0 Å². The average Bonchev–Trinajstić information content (AvgIpc) is 3.02. The SMILES string of the molecule is COc1ccc(C)cc1S(=O)(=O)N1CCc2nc(NC(=O)NC(C)C)sc2C1. The number of urea groups is 1. The van der Waals surface area contributed by atoms with Crippen molar-refractivity contribution < 1.29 is 17.9 Å². The highest BCUT2D eigenvalue weighted by Gasteiger charge is 2.32. The molecule has 152 valence electrons. The number of rotatable bonds is 5. The van der Waals surface area contributed by atoms with Crippen LogP contribution in [0.5, 0.6) is 5.75 Å². The lowest BCUT2D eigenvalue weighted by Crippen LogP contribution is -2.35. The zero-order valence-corrected chi connectivity index (χ0v) is 17.9. The summed E-state index contributed by atoms with van der Waals surface area (Å²) in [5, 5.41) is 5.92. The number of methoxy groups -OCH3 is 1. The molecule has 1 aliphatic rings. The first kappa shape index (κ1) is 20.6. The summed E-state index contributed by atoms with van der Waals surface area (Å²) in [6.07, 6.45) is 0.493. The number of carbonyl (C=O) groups is 1. The fourth-order valence-electron chi connectivity index (χ4n) is 2.95.